The number of thiazole rings is 1. The largest absolute Gasteiger partial charge is 0.744 e. The van der Waals surface area contributed by atoms with Crippen LogP contribution in [0.25, 0.3) is 38.5 Å². The SMILES string of the molecule is CCC(=Cc1sc2ccc(-c3ccccc3)cc2[n+]1CCOc1cccc(N(C)CC)c1)C=C1Sc2ccc(-c3ccccc3)cc2N1CCOc1ccc(S(=O)(=O)[O-])cc1S(=O)(=O)[O-]. The Bertz CT molecular complexity index is 3140. The van der Waals surface area contributed by atoms with Gasteiger partial charge in [0.1, 0.15) is 49.6 Å². The van der Waals surface area contributed by atoms with Crippen LogP contribution >= 0.6 is 23.1 Å². The summed E-state index contributed by atoms with van der Waals surface area (Å²) in [5.41, 5.74) is 8.46. The maximum Gasteiger partial charge on any atom is 0.263 e. The van der Waals surface area contributed by atoms with Crippen LogP contribution < -0.4 is 23.8 Å². The first-order valence-corrected chi connectivity index (χ1v) is 25.5. The Labute approximate surface area is 388 Å². The fourth-order valence-electron chi connectivity index (χ4n) is 7.52. The Morgan fingerprint density at radius 1 is 0.738 bits per heavy atom. The van der Waals surface area contributed by atoms with Gasteiger partial charge in [-0.05, 0) is 95.8 Å². The molecule has 0 saturated carbocycles. The molecule has 6 aromatic carbocycles. The number of ether oxygens (including phenoxy) is 2. The minimum atomic E-state index is -5.19. The topological polar surface area (TPSA) is 143 Å². The van der Waals surface area contributed by atoms with Crippen LogP contribution in [-0.2, 0) is 26.8 Å². The summed E-state index contributed by atoms with van der Waals surface area (Å²) in [5.74, 6) is 0.464. The third-order valence-electron chi connectivity index (χ3n) is 11.1. The van der Waals surface area contributed by atoms with Gasteiger partial charge in [0.15, 0.2) is 6.54 Å². The number of nitrogens with zero attached hydrogens (tertiary/aromatic N) is 3. The lowest BCUT2D eigenvalue weighted by atomic mass is 10.0. The lowest BCUT2D eigenvalue weighted by Gasteiger charge is -2.22. The first-order chi connectivity index (χ1) is 31.3. The summed E-state index contributed by atoms with van der Waals surface area (Å²) in [6.45, 7) is 6.31. The number of fused-ring (bicyclic) bond motifs is 2. The third-order valence-corrected chi connectivity index (χ3v) is 15.0. The lowest BCUT2D eigenvalue weighted by Crippen LogP contribution is -2.38. The monoisotopic (exact) mass is 944 g/mol. The summed E-state index contributed by atoms with van der Waals surface area (Å²) in [7, 11) is -8.16. The molecule has 0 bridgehead atoms. The summed E-state index contributed by atoms with van der Waals surface area (Å²) in [4.78, 5) is 3.52. The van der Waals surface area contributed by atoms with Gasteiger partial charge < -0.3 is 28.4 Å². The number of thioether (sulfide) groups is 1. The van der Waals surface area contributed by atoms with Crippen LogP contribution in [0.3, 0.4) is 0 Å². The van der Waals surface area contributed by atoms with Crippen LogP contribution in [0.5, 0.6) is 11.5 Å². The fraction of sp³-hybridized carbons (Fsp3) is 0.180. The lowest BCUT2D eigenvalue weighted by molar-refractivity contribution is -0.669. The summed E-state index contributed by atoms with van der Waals surface area (Å²) >= 11 is 3.31. The van der Waals surface area contributed by atoms with Crippen molar-refractivity contribution in [2.24, 2.45) is 0 Å². The van der Waals surface area contributed by atoms with Crippen molar-refractivity contribution >= 4 is 71.0 Å². The van der Waals surface area contributed by atoms with Gasteiger partial charge in [0.05, 0.1) is 27.1 Å². The molecule has 11 nitrogen and oxygen atoms in total. The number of rotatable bonds is 17. The molecule has 15 heteroatoms. The van der Waals surface area contributed by atoms with E-state index in [1.54, 1.807) is 23.1 Å². The van der Waals surface area contributed by atoms with Crippen molar-refractivity contribution in [1.29, 1.82) is 0 Å². The van der Waals surface area contributed by atoms with Crippen LogP contribution in [0.2, 0.25) is 0 Å². The molecule has 0 N–H and O–H groups in total. The van der Waals surface area contributed by atoms with Crippen LogP contribution in [0.4, 0.5) is 11.4 Å². The molecular weight excluding hydrogens is 899 g/mol. The van der Waals surface area contributed by atoms with Crippen molar-refractivity contribution in [3.63, 3.8) is 0 Å². The van der Waals surface area contributed by atoms with Crippen molar-refractivity contribution in [1.82, 2.24) is 0 Å². The van der Waals surface area contributed by atoms with Crippen LogP contribution in [0.1, 0.15) is 25.3 Å². The molecule has 0 saturated heterocycles. The quantitative estimate of drug-likeness (QED) is 0.0636. The minimum Gasteiger partial charge on any atom is -0.744 e. The Morgan fingerprint density at radius 2 is 1.45 bits per heavy atom. The molecular formula is C50H46N3O8S4-. The summed E-state index contributed by atoms with van der Waals surface area (Å²) < 4.78 is 87.4. The minimum absolute atomic E-state index is 0.0816. The van der Waals surface area contributed by atoms with E-state index in [1.165, 1.54) is 0 Å². The number of anilines is 2. The zero-order valence-corrected chi connectivity index (χ0v) is 39.2. The Balaban J connectivity index is 1.15. The van der Waals surface area contributed by atoms with E-state index >= 15 is 0 Å². The van der Waals surface area contributed by atoms with E-state index in [1.807, 2.05) is 60.7 Å². The van der Waals surface area contributed by atoms with Gasteiger partial charge in [0, 0.05) is 42.4 Å². The van der Waals surface area contributed by atoms with Crippen molar-refractivity contribution in [2.45, 2.75) is 41.5 Å². The molecule has 7 aromatic rings. The average Bonchev–Trinajstić information content (AvgIpc) is 3.83. The van der Waals surface area contributed by atoms with Crippen molar-refractivity contribution in [2.75, 3.05) is 43.2 Å². The highest BCUT2D eigenvalue weighted by Gasteiger charge is 2.27. The molecule has 0 amide bonds. The predicted molar refractivity (Wildman–Crippen MR) is 258 cm³/mol. The smallest absolute Gasteiger partial charge is 0.263 e. The molecule has 0 fully saturated rings. The van der Waals surface area contributed by atoms with Crippen LogP contribution in [0, 0.1) is 0 Å². The number of hydrogen-bond acceptors (Lipinski definition) is 12. The van der Waals surface area contributed by atoms with Gasteiger partial charge in [0.25, 0.3) is 5.01 Å². The zero-order valence-electron chi connectivity index (χ0n) is 35.9. The molecule has 0 spiro atoms. The van der Waals surface area contributed by atoms with E-state index in [4.69, 9.17) is 9.47 Å². The Kier molecular flexibility index (Phi) is 13.8. The second-order valence-corrected chi connectivity index (χ2v) is 20.1. The second kappa shape index (κ2) is 19.7. The maximum atomic E-state index is 12.2. The highest BCUT2D eigenvalue weighted by atomic mass is 32.2. The number of aromatic nitrogens is 1. The molecule has 8 rings (SSSR count). The van der Waals surface area contributed by atoms with Gasteiger partial charge in [-0.15, -0.1) is 0 Å². The van der Waals surface area contributed by atoms with Gasteiger partial charge in [-0.1, -0.05) is 109 Å². The number of benzene rings is 6. The van der Waals surface area contributed by atoms with E-state index in [0.29, 0.717) is 25.6 Å². The van der Waals surface area contributed by atoms with E-state index in [0.717, 1.165) is 88.8 Å². The van der Waals surface area contributed by atoms with E-state index in [2.05, 4.69) is 108 Å². The zero-order chi connectivity index (χ0) is 45.7. The van der Waals surface area contributed by atoms with Crippen molar-refractivity contribution in [3.05, 3.63) is 161 Å². The molecule has 0 unspecified atom stereocenters. The summed E-state index contributed by atoms with van der Waals surface area (Å²) in [6.07, 6.45) is 5.09. The Morgan fingerprint density at radius 3 is 2.12 bits per heavy atom. The van der Waals surface area contributed by atoms with Crippen LogP contribution in [-0.4, -0.2) is 59.3 Å². The molecule has 1 aliphatic rings. The first-order valence-electron chi connectivity index (χ1n) is 21.0. The molecule has 0 aliphatic carbocycles. The third kappa shape index (κ3) is 10.6. The van der Waals surface area contributed by atoms with Gasteiger partial charge in [-0.2, -0.15) is 4.57 Å². The van der Waals surface area contributed by atoms with Crippen molar-refractivity contribution < 1.29 is 40.0 Å². The summed E-state index contributed by atoms with van der Waals surface area (Å²) in [5, 5.41) is 1.96. The highest BCUT2D eigenvalue weighted by Crippen LogP contribution is 2.48. The van der Waals surface area contributed by atoms with E-state index in [-0.39, 0.29) is 18.9 Å². The van der Waals surface area contributed by atoms with E-state index in [9.17, 15) is 25.9 Å². The number of allylic oxidation sites excluding steroid dienone is 2. The molecule has 1 aliphatic heterocycles. The maximum absolute atomic E-state index is 12.2. The van der Waals surface area contributed by atoms with Gasteiger partial charge >= 0.3 is 0 Å². The molecule has 65 heavy (non-hydrogen) atoms. The fourth-order valence-corrected chi connectivity index (χ4v) is 11.0. The molecule has 334 valence electrons. The molecule has 2 heterocycles. The van der Waals surface area contributed by atoms with Gasteiger partial charge in [-0.25, -0.2) is 16.8 Å². The molecule has 0 atom stereocenters. The van der Waals surface area contributed by atoms with Crippen molar-refractivity contribution in [3.8, 4) is 33.8 Å². The number of hydrogen-bond donors (Lipinski definition) is 0. The van der Waals surface area contributed by atoms with Gasteiger partial charge in [0.2, 0.25) is 5.52 Å². The Hall–Kier alpha value is -5.94. The first kappa shape index (κ1) is 45.6. The van der Waals surface area contributed by atoms with Crippen LogP contribution in [0.15, 0.2) is 171 Å². The predicted octanol–water partition coefficient (Wildman–Crippen LogP) is 10.2. The van der Waals surface area contributed by atoms with E-state index < -0.39 is 30.0 Å². The normalized spacial score (nSPS) is 13.6. The molecule has 1 aromatic heterocycles. The van der Waals surface area contributed by atoms with Gasteiger partial charge in [-0.3, -0.25) is 0 Å². The standard InChI is InChI=1S/C50H47N3O8S4/c1-4-35(29-49-52(25-27-60-41-18-12-17-40(33-41)51(3)5-2)43-31-38(19-23-46(43)62-49)36-13-8-6-9-14-36)30-50-53(44-32-39(20-24-47(44)63-50)37-15-10-7-11-16-37)26-28-61-45-22-21-42(64(54,55)56)34-48(45)65(57,58)59/h6-24,29-34H,4-5,25-28H2,1-3H3,(H-,54,55,56,57,58,59)/p-1. The second-order valence-electron chi connectivity index (χ2n) is 15.2. The summed E-state index contributed by atoms with van der Waals surface area (Å²) in [6, 6.07) is 43.8. The highest BCUT2D eigenvalue weighted by molar-refractivity contribution is 8.03. The molecule has 0 radical (unpaired) electrons. The average molecular weight is 945 g/mol.